The fourth-order valence-electron chi connectivity index (χ4n) is 0.721. The number of aromatic nitrogens is 1. The van der Waals surface area contributed by atoms with Crippen LogP contribution in [0.2, 0.25) is 0 Å². The van der Waals surface area contributed by atoms with E-state index in [9.17, 15) is 0 Å². The van der Waals surface area contributed by atoms with Crippen LogP contribution < -0.4 is 21.5 Å². The Balaban J connectivity index is 0.000000810. The first-order valence-corrected chi connectivity index (χ1v) is 3.78. The molecule has 1 rings (SSSR count). The van der Waals surface area contributed by atoms with E-state index < -0.39 is 6.23 Å². The van der Waals surface area contributed by atoms with Gasteiger partial charge in [-0.1, -0.05) is 11.3 Å². The molecule has 0 aliphatic rings. The number of aliphatic hydroxyl groups is 1. The first-order chi connectivity index (χ1) is 4.22. The number of halogens is 1. The SMILES string of the molecule is Cc1csc[n+]1C(C)O.[Br-]. The third-order valence-corrected chi connectivity index (χ3v) is 2.05. The molecule has 0 fully saturated rings. The molecule has 2 nitrogen and oxygen atoms in total. The standard InChI is InChI=1S/C6H10NOS.BrH/c1-5-3-9-4-7(5)6(2)8;/h3-4,6,8H,1-2H3;1H/q+1;/p-1. The Hall–Kier alpha value is 0.0700. The van der Waals surface area contributed by atoms with Gasteiger partial charge in [0.15, 0.2) is 5.69 Å². The van der Waals surface area contributed by atoms with Crippen molar-refractivity contribution in [3.8, 4) is 0 Å². The topological polar surface area (TPSA) is 24.1 Å². The molecule has 0 bridgehead atoms. The third-order valence-electron chi connectivity index (χ3n) is 1.22. The van der Waals surface area contributed by atoms with Crippen LogP contribution in [0, 0.1) is 6.92 Å². The normalized spacial score (nSPS) is 12.3. The Morgan fingerprint density at radius 2 is 2.30 bits per heavy atom. The monoisotopic (exact) mass is 223 g/mol. The summed E-state index contributed by atoms with van der Waals surface area (Å²) in [6.45, 7) is 3.73. The maximum atomic E-state index is 9.06. The van der Waals surface area contributed by atoms with Crippen molar-refractivity contribution in [3.63, 3.8) is 0 Å². The molecule has 0 aromatic carbocycles. The van der Waals surface area contributed by atoms with Crippen molar-refractivity contribution in [2.75, 3.05) is 0 Å². The van der Waals surface area contributed by atoms with Crippen LogP contribution in [0.25, 0.3) is 0 Å². The van der Waals surface area contributed by atoms with Gasteiger partial charge in [0.05, 0.1) is 5.38 Å². The quantitative estimate of drug-likeness (QED) is 0.541. The molecule has 0 saturated carbocycles. The zero-order valence-electron chi connectivity index (χ0n) is 5.91. The van der Waals surface area contributed by atoms with Crippen molar-refractivity contribution >= 4 is 11.3 Å². The Labute approximate surface area is 74.9 Å². The average Bonchev–Trinajstić information content (AvgIpc) is 2.13. The molecule has 1 N–H and O–H groups in total. The highest BCUT2D eigenvalue weighted by atomic mass is 79.9. The van der Waals surface area contributed by atoms with Crippen LogP contribution in [0.3, 0.4) is 0 Å². The molecular formula is C6H10BrNOS. The van der Waals surface area contributed by atoms with Crippen molar-refractivity contribution in [3.05, 3.63) is 16.6 Å². The second kappa shape index (κ2) is 4.05. The highest BCUT2D eigenvalue weighted by Gasteiger charge is 2.11. The van der Waals surface area contributed by atoms with E-state index in [4.69, 9.17) is 5.11 Å². The second-order valence-corrected chi connectivity index (χ2v) is 2.76. The molecule has 1 aromatic heterocycles. The van der Waals surface area contributed by atoms with Crippen molar-refractivity contribution in [2.45, 2.75) is 20.1 Å². The summed E-state index contributed by atoms with van der Waals surface area (Å²) in [4.78, 5) is 0. The van der Waals surface area contributed by atoms with Crippen molar-refractivity contribution < 1.29 is 26.7 Å². The molecule has 1 heterocycles. The summed E-state index contributed by atoms with van der Waals surface area (Å²) in [5.74, 6) is 0. The summed E-state index contributed by atoms with van der Waals surface area (Å²) in [5.41, 5.74) is 3.01. The first-order valence-electron chi connectivity index (χ1n) is 2.84. The van der Waals surface area contributed by atoms with Crippen LogP contribution in [0.1, 0.15) is 18.8 Å². The fraction of sp³-hybridized carbons (Fsp3) is 0.500. The van der Waals surface area contributed by atoms with Crippen LogP contribution in [0.4, 0.5) is 0 Å². The van der Waals surface area contributed by atoms with Crippen LogP contribution in [0.15, 0.2) is 10.9 Å². The lowest BCUT2D eigenvalue weighted by Gasteiger charge is -1.94. The molecule has 4 heteroatoms. The largest absolute Gasteiger partial charge is 1.00 e. The highest BCUT2D eigenvalue weighted by molar-refractivity contribution is 7.07. The summed E-state index contributed by atoms with van der Waals surface area (Å²) in [6.07, 6.45) is -0.392. The summed E-state index contributed by atoms with van der Waals surface area (Å²) in [7, 11) is 0. The van der Waals surface area contributed by atoms with E-state index in [1.807, 2.05) is 22.4 Å². The van der Waals surface area contributed by atoms with Gasteiger partial charge in [-0.05, 0) is 0 Å². The number of hydrogen-bond donors (Lipinski definition) is 1. The van der Waals surface area contributed by atoms with Gasteiger partial charge in [-0.15, -0.1) is 0 Å². The number of aliphatic hydroxyl groups excluding tert-OH is 1. The maximum absolute atomic E-state index is 9.06. The predicted molar refractivity (Wildman–Crippen MR) is 36.2 cm³/mol. The minimum atomic E-state index is -0.392. The molecule has 0 radical (unpaired) electrons. The Morgan fingerprint density at radius 1 is 1.70 bits per heavy atom. The van der Waals surface area contributed by atoms with Gasteiger partial charge < -0.3 is 22.1 Å². The molecule has 0 aliphatic carbocycles. The lowest BCUT2D eigenvalue weighted by atomic mass is 10.5. The smallest absolute Gasteiger partial charge is 0.258 e. The molecule has 0 spiro atoms. The van der Waals surface area contributed by atoms with Gasteiger partial charge in [0.2, 0.25) is 5.51 Å². The lowest BCUT2D eigenvalue weighted by molar-refractivity contribution is -0.756. The second-order valence-electron chi connectivity index (χ2n) is 2.04. The van der Waals surface area contributed by atoms with E-state index in [-0.39, 0.29) is 17.0 Å². The fourth-order valence-corrected chi connectivity index (χ4v) is 1.57. The molecule has 10 heavy (non-hydrogen) atoms. The third kappa shape index (κ3) is 2.04. The Bertz CT molecular complexity index is 199. The number of hydrogen-bond acceptors (Lipinski definition) is 2. The average molecular weight is 224 g/mol. The summed E-state index contributed by atoms with van der Waals surface area (Å²) < 4.78 is 1.82. The summed E-state index contributed by atoms with van der Waals surface area (Å²) >= 11 is 1.60. The number of nitrogens with zero attached hydrogens (tertiary/aromatic N) is 1. The molecule has 1 atom stereocenters. The van der Waals surface area contributed by atoms with Gasteiger partial charge in [-0.25, -0.2) is 0 Å². The van der Waals surface area contributed by atoms with E-state index in [1.165, 1.54) is 0 Å². The maximum Gasteiger partial charge on any atom is 0.258 e. The molecule has 1 unspecified atom stereocenters. The number of aryl methyl sites for hydroxylation is 1. The summed E-state index contributed by atoms with van der Waals surface area (Å²) in [5, 5.41) is 11.1. The zero-order valence-corrected chi connectivity index (χ0v) is 8.32. The van der Waals surface area contributed by atoms with Gasteiger partial charge >= 0.3 is 0 Å². The predicted octanol–water partition coefficient (Wildman–Crippen LogP) is -2.14. The van der Waals surface area contributed by atoms with Gasteiger partial charge in [0.25, 0.3) is 6.23 Å². The molecular weight excluding hydrogens is 214 g/mol. The van der Waals surface area contributed by atoms with Crippen molar-refractivity contribution in [2.24, 2.45) is 0 Å². The first kappa shape index (κ1) is 10.1. The molecule has 1 aromatic rings. The molecule has 58 valence electrons. The Morgan fingerprint density at radius 3 is 2.50 bits per heavy atom. The van der Waals surface area contributed by atoms with E-state index in [0.29, 0.717) is 0 Å². The highest BCUT2D eigenvalue weighted by Crippen LogP contribution is 1.99. The minimum absolute atomic E-state index is 0. The minimum Gasteiger partial charge on any atom is -1.00 e. The van der Waals surface area contributed by atoms with Crippen molar-refractivity contribution in [1.29, 1.82) is 0 Å². The van der Waals surface area contributed by atoms with Gasteiger partial charge in [-0.3, -0.25) is 0 Å². The summed E-state index contributed by atoms with van der Waals surface area (Å²) in [6, 6.07) is 0. The number of thiazole rings is 1. The van der Waals surface area contributed by atoms with E-state index in [0.717, 1.165) is 5.69 Å². The van der Waals surface area contributed by atoms with E-state index >= 15 is 0 Å². The van der Waals surface area contributed by atoms with Crippen molar-refractivity contribution in [1.82, 2.24) is 0 Å². The van der Waals surface area contributed by atoms with Crippen LogP contribution in [-0.2, 0) is 0 Å². The molecule has 0 aliphatic heterocycles. The Kier molecular flexibility index (Phi) is 4.08. The van der Waals surface area contributed by atoms with Crippen LogP contribution in [0.5, 0.6) is 0 Å². The van der Waals surface area contributed by atoms with Gasteiger partial charge in [-0.2, -0.15) is 4.57 Å². The molecule has 0 saturated heterocycles. The number of rotatable bonds is 1. The molecule has 0 amide bonds. The van der Waals surface area contributed by atoms with Crippen LogP contribution in [-0.4, -0.2) is 5.11 Å². The van der Waals surface area contributed by atoms with Gasteiger partial charge in [0, 0.05) is 13.8 Å². The van der Waals surface area contributed by atoms with E-state index in [2.05, 4.69) is 0 Å². The lowest BCUT2D eigenvalue weighted by Crippen LogP contribution is -3.00. The zero-order chi connectivity index (χ0) is 6.85. The van der Waals surface area contributed by atoms with E-state index in [1.54, 1.807) is 18.3 Å². The van der Waals surface area contributed by atoms with Crippen LogP contribution >= 0.6 is 11.3 Å². The van der Waals surface area contributed by atoms with Gasteiger partial charge in [0.1, 0.15) is 0 Å².